The van der Waals surface area contributed by atoms with Crippen molar-refractivity contribution >= 4 is 46.7 Å². The van der Waals surface area contributed by atoms with Crippen molar-refractivity contribution in [1.29, 1.82) is 0 Å². The summed E-state index contributed by atoms with van der Waals surface area (Å²) in [7, 11) is 0. The van der Waals surface area contributed by atoms with Gasteiger partial charge in [0.25, 0.3) is 0 Å². The molecule has 52 heavy (non-hydrogen) atoms. The van der Waals surface area contributed by atoms with E-state index in [1.807, 2.05) is 38.1 Å². The van der Waals surface area contributed by atoms with Gasteiger partial charge in [-0.2, -0.15) is 0 Å². The number of carbonyl (C=O) groups excluding carboxylic acids is 5. The van der Waals surface area contributed by atoms with Gasteiger partial charge in [-0.25, -0.2) is 14.0 Å². The Balaban J connectivity index is 1.74. The molecular weight excluding hydrogens is 677 g/mol. The maximum Gasteiger partial charge on any atom is 0.407 e. The third-order valence-corrected chi connectivity index (χ3v) is 7.64. The van der Waals surface area contributed by atoms with Gasteiger partial charge in [-0.1, -0.05) is 44.2 Å². The summed E-state index contributed by atoms with van der Waals surface area (Å²) in [6.07, 6.45) is 0.453. The van der Waals surface area contributed by atoms with E-state index in [4.69, 9.17) is 9.47 Å². The molecule has 0 unspecified atom stereocenters. The van der Waals surface area contributed by atoms with Crippen molar-refractivity contribution in [1.82, 2.24) is 26.3 Å². The number of nitrogens with one attached hydrogen (secondary N) is 5. The van der Waals surface area contributed by atoms with Crippen molar-refractivity contribution in [3.63, 3.8) is 0 Å². The van der Waals surface area contributed by atoms with Crippen LogP contribution in [0.3, 0.4) is 0 Å². The number of aliphatic carboxylic acids is 1. The number of hydrogen-bond acceptors (Lipinski definition) is 8. The van der Waals surface area contributed by atoms with Gasteiger partial charge in [0.15, 0.2) is 0 Å². The molecule has 0 radical (unpaired) electrons. The van der Waals surface area contributed by atoms with Crippen molar-refractivity contribution in [2.45, 2.75) is 90.4 Å². The lowest BCUT2D eigenvalue weighted by molar-refractivity contribution is -0.152. The number of aromatic nitrogens is 1. The predicted molar refractivity (Wildman–Crippen MR) is 189 cm³/mol. The maximum atomic E-state index is 13.9. The van der Waals surface area contributed by atoms with Gasteiger partial charge in [0.2, 0.25) is 17.7 Å². The molecule has 15 heteroatoms. The van der Waals surface area contributed by atoms with Crippen LogP contribution in [0.1, 0.15) is 65.0 Å². The van der Waals surface area contributed by atoms with Crippen LogP contribution in [-0.4, -0.2) is 82.7 Å². The summed E-state index contributed by atoms with van der Waals surface area (Å²) in [5.41, 5.74) is 1.49. The van der Waals surface area contributed by atoms with Gasteiger partial charge in [-0.05, 0) is 62.4 Å². The van der Waals surface area contributed by atoms with E-state index >= 15 is 0 Å². The number of carbonyl (C=O) groups is 6. The van der Waals surface area contributed by atoms with Crippen molar-refractivity contribution in [3.8, 4) is 0 Å². The lowest BCUT2D eigenvalue weighted by atomic mass is 10.00. The third kappa shape index (κ3) is 14.0. The highest BCUT2D eigenvalue weighted by Gasteiger charge is 2.32. The Morgan fingerprint density at radius 2 is 1.54 bits per heavy atom. The summed E-state index contributed by atoms with van der Waals surface area (Å²) in [5.74, 6) is -4.97. The highest BCUT2D eigenvalue weighted by molar-refractivity contribution is 5.95. The van der Waals surface area contributed by atoms with E-state index in [-0.39, 0.29) is 44.8 Å². The maximum absolute atomic E-state index is 13.9. The quantitative estimate of drug-likeness (QED) is 0.106. The number of H-pyrrole nitrogens is 1. The van der Waals surface area contributed by atoms with Crippen LogP contribution in [0.2, 0.25) is 0 Å². The van der Waals surface area contributed by atoms with Crippen LogP contribution < -0.4 is 21.3 Å². The molecule has 0 spiro atoms. The van der Waals surface area contributed by atoms with E-state index in [1.54, 1.807) is 27.0 Å². The van der Waals surface area contributed by atoms with E-state index in [0.717, 1.165) is 16.5 Å². The van der Waals surface area contributed by atoms with Crippen molar-refractivity contribution in [2.24, 2.45) is 5.92 Å². The number of carboxylic acids is 1. The minimum Gasteiger partial charge on any atom is -0.481 e. The van der Waals surface area contributed by atoms with Crippen molar-refractivity contribution in [2.75, 3.05) is 13.2 Å². The Morgan fingerprint density at radius 3 is 2.19 bits per heavy atom. The lowest BCUT2D eigenvalue weighted by Gasteiger charge is -2.26. The summed E-state index contributed by atoms with van der Waals surface area (Å²) in [6.45, 7) is 8.53. The number of carboxylic acid groups (broad SMARTS) is 1. The van der Waals surface area contributed by atoms with Crippen LogP contribution in [-0.2, 0) is 46.3 Å². The molecule has 1 aromatic heterocycles. The minimum atomic E-state index is -1.57. The number of fused-ring (bicyclic) bond motifs is 1. The number of ether oxygens (including phenoxy) is 2. The first-order chi connectivity index (χ1) is 24.5. The number of esters is 1. The fraction of sp³-hybridized carbons (Fsp3) is 0.459. The summed E-state index contributed by atoms with van der Waals surface area (Å²) >= 11 is 0. The molecule has 0 saturated carbocycles. The van der Waals surface area contributed by atoms with Gasteiger partial charge in [0.05, 0.1) is 13.0 Å². The normalized spacial score (nSPS) is 13.1. The third-order valence-electron chi connectivity index (χ3n) is 7.64. The zero-order chi connectivity index (χ0) is 38.4. The number of amides is 4. The van der Waals surface area contributed by atoms with Gasteiger partial charge in [0, 0.05) is 42.9 Å². The number of para-hydroxylation sites is 1. The van der Waals surface area contributed by atoms with Crippen molar-refractivity contribution < 1.29 is 47.7 Å². The molecule has 4 amide bonds. The van der Waals surface area contributed by atoms with E-state index < -0.39 is 71.7 Å². The van der Waals surface area contributed by atoms with Crippen LogP contribution in [0.15, 0.2) is 54.7 Å². The number of halogens is 1. The Hall–Kier alpha value is -5.47. The molecule has 3 rings (SSSR count). The molecule has 0 aliphatic heterocycles. The smallest absolute Gasteiger partial charge is 0.407 e. The Bertz CT molecular complexity index is 1700. The average Bonchev–Trinajstić information content (AvgIpc) is 3.46. The zero-order valence-electron chi connectivity index (χ0n) is 30.0. The molecule has 6 N–H and O–H groups in total. The lowest BCUT2D eigenvalue weighted by Crippen LogP contribution is -2.57. The second-order valence-corrected chi connectivity index (χ2v) is 13.8. The first-order valence-electron chi connectivity index (χ1n) is 17.1. The average molecular weight is 726 g/mol. The van der Waals surface area contributed by atoms with Gasteiger partial charge in [-0.3, -0.25) is 19.2 Å². The Labute approximate surface area is 301 Å². The van der Waals surface area contributed by atoms with Gasteiger partial charge in [-0.15, -0.1) is 0 Å². The Kier molecular flexibility index (Phi) is 15.1. The highest BCUT2D eigenvalue weighted by Crippen LogP contribution is 2.20. The van der Waals surface area contributed by atoms with E-state index in [1.165, 1.54) is 24.3 Å². The fourth-order valence-corrected chi connectivity index (χ4v) is 5.23. The van der Waals surface area contributed by atoms with Crippen molar-refractivity contribution in [3.05, 3.63) is 71.7 Å². The van der Waals surface area contributed by atoms with E-state index in [2.05, 4.69) is 26.3 Å². The number of aromatic amines is 1. The largest absolute Gasteiger partial charge is 0.481 e. The molecule has 3 aromatic rings. The number of alkyl carbamates (subject to hydrolysis) is 1. The topological polar surface area (TPSA) is 205 Å². The second-order valence-electron chi connectivity index (χ2n) is 13.8. The molecule has 0 aliphatic carbocycles. The number of benzene rings is 2. The molecular formula is C37H48FN5O9. The number of hydrogen-bond donors (Lipinski definition) is 6. The molecule has 0 bridgehead atoms. The van der Waals surface area contributed by atoms with Crippen LogP contribution in [0.5, 0.6) is 0 Å². The van der Waals surface area contributed by atoms with Gasteiger partial charge < -0.3 is 40.8 Å². The second kappa shape index (κ2) is 19.2. The first kappa shape index (κ1) is 41.0. The van der Waals surface area contributed by atoms with Crippen LogP contribution in [0.4, 0.5) is 9.18 Å². The molecule has 0 fully saturated rings. The molecule has 0 saturated heterocycles. The van der Waals surface area contributed by atoms with E-state index in [0.29, 0.717) is 5.56 Å². The fourth-order valence-electron chi connectivity index (χ4n) is 5.23. The molecule has 3 atom stereocenters. The van der Waals surface area contributed by atoms with Crippen LogP contribution in [0, 0.1) is 11.7 Å². The first-order valence-corrected chi connectivity index (χ1v) is 17.1. The zero-order valence-corrected chi connectivity index (χ0v) is 30.0. The van der Waals surface area contributed by atoms with E-state index in [9.17, 15) is 38.3 Å². The molecule has 2 aromatic carbocycles. The summed E-state index contributed by atoms with van der Waals surface area (Å²) in [4.78, 5) is 80.2. The summed E-state index contributed by atoms with van der Waals surface area (Å²) < 4.78 is 23.7. The summed E-state index contributed by atoms with van der Waals surface area (Å²) in [6, 6.07) is 9.02. The molecule has 0 aliphatic rings. The van der Waals surface area contributed by atoms with Gasteiger partial charge >= 0.3 is 18.0 Å². The highest BCUT2D eigenvalue weighted by atomic mass is 19.1. The number of rotatable bonds is 18. The Morgan fingerprint density at radius 1 is 0.885 bits per heavy atom. The minimum absolute atomic E-state index is 0.0408. The SMILES string of the molecule is CC(C)C[C@H](NC(=O)[C@H](Cc1c[nH]c2ccccc12)NC(=O)CCNC(=O)OC(C)(C)C)C(=O)N[C@@H](CC(=O)O)C(=O)OCCc1ccc(F)cc1. The standard InChI is InChI=1S/C37H48FN5O9/c1-22(2)18-28(33(47)43-30(20-32(45)46)35(49)51-17-15-23-10-12-25(38)13-11-23)42-34(48)29(19-24-21-40-27-9-7-6-8-26(24)27)41-31(44)14-16-39-36(50)52-37(3,4)5/h6-13,21-22,28-30,40H,14-20H2,1-5H3,(H,39,50)(H,41,44)(H,42,48)(H,43,47)(H,45,46)/t28-,29-,30-/m0/s1. The van der Waals surface area contributed by atoms with Gasteiger partial charge in [0.1, 0.15) is 29.5 Å². The molecule has 282 valence electrons. The predicted octanol–water partition coefficient (Wildman–Crippen LogP) is 3.53. The summed E-state index contributed by atoms with van der Waals surface area (Å²) in [5, 5.41) is 20.6. The molecule has 1 heterocycles. The van der Waals surface area contributed by atoms with Crippen LogP contribution >= 0.6 is 0 Å². The van der Waals surface area contributed by atoms with Crippen LogP contribution in [0.25, 0.3) is 10.9 Å². The molecule has 14 nitrogen and oxygen atoms in total. The monoisotopic (exact) mass is 725 g/mol.